The van der Waals surface area contributed by atoms with Crippen LogP contribution in [0.15, 0.2) is 29.2 Å². The molecule has 1 aromatic carbocycles. The van der Waals surface area contributed by atoms with E-state index < -0.39 is 10.0 Å². The van der Waals surface area contributed by atoms with Gasteiger partial charge in [-0.25, -0.2) is 8.42 Å². The smallest absolute Gasteiger partial charge is 0.102 e. The van der Waals surface area contributed by atoms with Crippen LogP contribution < -0.4 is 0 Å². The summed E-state index contributed by atoms with van der Waals surface area (Å²) in [5, 5.41) is 8.62. The summed E-state index contributed by atoms with van der Waals surface area (Å²) in [6.07, 6.45) is 0. The summed E-state index contributed by atoms with van der Waals surface area (Å²) in [5.41, 5.74) is 0.119. The minimum atomic E-state index is -3.64. The predicted octanol–water partition coefficient (Wildman–Crippen LogP) is 1.70. The van der Waals surface area contributed by atoms with Crippen LogP contribution in [-0.4, -0.2) is 15.5 Å². The van der Waals surface area contributed by atoms with Crippen LogP contribution in [0.4, 0.5) is 0 Å². The first kappa shape index (κ1) is 17.1. The molecule has 0 aliphatic carbocycles. The molecule has 0 heterocycles. The van der Waals surface area contributed by atoms with Crippen LogP contribution in [-0.2, 0) is 42.7 Å². The third kappa shape index (κ3) is 4.00. The zero-order valence-corrected chi connectivity index (χ0v) is 12.2. The number of nitrogens with zero attached hydrogens (tertiary/aromatic N) is 2. The van der Waals surface area contributed by atoms with E-state index in [1.54, 1.807) is 18.2 Å². The first-order valence-corrected chi connectivity index (χ1v) is 4.91. The molecule has 6 heteroatoms. The molecule has 0 aliphatic rings. The van der Waals surface area contributed by atoms with Gasteiger partial charge >= 0.3 is 0 Å². The molecular weight excluding hydrogens is 289 g/mol. The third-order valence-corrected chi connectivity index (χ3v) is 2.92. The van der Waals surface area contributed by atoms with E-state index >= 15 is 0 Å². The molecule has 0 unspecified atom stereocenters. The average molecular weight is 299 g/mol. The Morgan fingerprint density at radius 1 is 1.33 bits per heavy atom. The molecule has 4 nitrogen and oxygen atoms in total. The van der Waals surface area contributed by atoms with Crippen LogP contribution in [0.1, 0.15) is 5.56 Å². The van der Waals surface area contributed by atoms with E-state index in [0.717, 1.165) is 0 Å². The van der Waals surface area contributed by atoms with Crippen molar-refractivity contribution in [2.45, 2.75) is 4.90 Å². The van der Waals surface area contributed by atoms with E-state index in [1.807, 2.05) is 0 Å². The second kappa shape index (κ2) is 7.07. The largest absolute Gasteiger partial charge is 0.547 e. The van der Waals surface area contributed by atoms with Gasteiger partial charge < -0.3 is 12.1 Å². The molecule has 0 aliphatic heterocycles. The van der Waals surface area contributed by atoms with Crippen LogP contribution >= 0.6 is 0 Å². The fraction of sp³-hybridized carbons (Fsp3) is 0.111. The molecule has 0 saturated carbocycles. The fourth-order valence-corrected chi connectivity index (χ4v) is 1.72. The Morgan fingerprint density at radius 2 is 1.87 bits per heavy atom. The van der Waals surface area contributed by atoms with Crippen molar-refractivity contribution in [1.82, 2.24) is 0 Å². The maximum Gasteiger partial charge on any atom is 0.102 e. The molecule has 79 valence electrons. The zero-order valence-electron chi connectivity index (χ0n) is 8.51. The number of sulfonamides is 1. The number of nitriles is 1. The Hall–Kier alpha value is -0.276. The van der Waals surface area contributed by atoms with Gasteiger partial charge in [-0.15, -0.1) is 0 Å². The summed E-state index contributed by atoms with van der Waals surface area (Å²) < 4.78 is 25.7. The van der Waals surface area contributed by atoms with Gasteiger partial charge in [-0.05, 0) is 12.1 Å². The zero-order chi connectivity index (χ0) is 9.90. The molecule has 1 radical (unpaired) electrons. The quantitative estimate of drug-likeness (QED) is 0.780. The summed E-state index contributed by atoms with van der Waals surface area (Å²) in [6, 6.07) is 7.76. The summed E-state index contributed by atoms with van der Waals surface area (Å²) in [5.74, 6) is 0. The van der Waals surface area contributed by atoms with Gasteiger partial charge in [0.25, 0.3) is 0 Å². The van der Waals surface area contributed by atoms with E-state index in [4.69, 9.17) is 5.26 Å². The van der Waals surface area contributed by atoms with Crippen LogP contribution in [0.5, 0.6) is 0 Å². The van der Waals surface area contributed by atoms with Crippen molar-refractivity contribution in [3.05, 3.63) is 42.0 Å². The van der Waals surface area contributed by atoms with Gasteiger partial charge in [-0.2, -0.15) is 12.3 Å². The first-order chi connectivity index (χ1) is 6.11. The molecule has 0 aromatic heterocycles. The predicted molar refractivity (Wildman–Crippen MR) is 54.0 cm³/mol. The monoisotopic (exact) mass is 299 g/mol. The minimum Gasteiger partial charge on any atom is -0.547 e. The van der Waals surface area contributed by atoms with Gasteiger partial charge in [0.1, 0.15) is 16.1 Å². The molecule has 15 heavy (non-hydrogen) atoms. The number of rotatable bonds is 2. The summed E-state index contributed by atoms with van der Waals surface area (Å²) >= 11 is 0. The normalized spacial score (nSPS) is 9.33. The SMILES string of the molecule is C[N-]S(=O)(=O)c1ccccc1C#N.[CH3-].[Y]. The van der Waals surface area contributed by atoms with Crippen molar-refractivity contribution in [1.29, 1.82) is 5.26 Å². The van der Waals surface area contributed by atoms with Gasteiger partial charge in [0.2, 0.25) is 0 Å². The summed E-state index contributed by atoms with van der Waals surface area (Å²) in [7, 11) is -2.45. The number of hydrogen-bond donors (Lipinski definition) is 0. The van der Waals surface area contributed by atoms with Gasteiger partial charge in [0, 0.05) is 32.7 Å². The van der Waals surface area contributed by atoms with Crippen molar-refractivity contribution >= 4 is 10.0 Å². The molecule has 1 rings (SSSR count). The van der Waals surface area contributed by atoms with Crippen molar-refractivity contribution in [2.75, 3.05) is 7.05 Å². The molecule has 0 amide bonds. The molecule has 0 bridgehead atoms. The Bertz CT molecular complexity index is 451. The topological polar surface area (TPSA) is 72.0 Å². The third-order valence-electron chi connectivity index (χ3n) is 1.53. The van der Waals surface area contributed by atoms with Crippen molar-refractivity contribution < 1.29 is 41.1 Å². The van der Waals surface area contributed by atoms with Crippen molar-refractivity contribution in [3.8, 4) is 6.07 Å². The van der Waals surface area contributed by atoms with E-state index in [0.29, 0.717) is 0 Å². The van der Waals surface area contributed by atoms with Crippen LogP contribution in [0.25, 0.3) is 4.72 Å². The van der Waals surface area contributed by atoms with Gasteiger partial charge in [0.05, 0.1) is 10.5 Å². The maximum absolute atomic E-state index is 11.3. The van der Waals surface area contributed by atoms with E-state index in [2.05, 4.69) is 4.72 Å². The second-order valence-electron chi connectivity index (χ2n) is 2.27. The summed E-state index contributed by atoms with van der Waals surface area (Å²) in [4.78, 5) is -0.0417. The molecule has 0 fully saturated rings. The Kier molecular flexibility index (Phi) is 8.08. The average Bonchev–Trinajstić information content (AvgIpc) is 2.18. The van der Waals surface area contributed by atoms with Gasteiger partial charge in [0.15, 0.2) is 0 Å². The standard InChI is InChI=1S/C8H7N2O2S.CH3.Y/c1-10-13(11,12)8-5-3-2-4-7(8)6-9;;/h2-5H,1H3;1H3;/q2*-1;. The molecule has 0 atom stereocenters. The minimum absolute atomic E-state index is 0. The number of benzene rings is 1. The molecule has 0 saturated heterocycles. The van der Waals surface area contributed by atoms with Crippen molar-refractivity contribution in [3.63, 3.8) is 0 Å². The van der Waals surface area contributed by atoms with E-state index in [-0.39, 0.29) is 50.6 Å². The summed E-state index contributed by atoms with van der Waals surface area (Å²) in [6.45, 7) is 0. The Labute approximate surface area is 116 Å². The van der Waals surface area contributed by atoms with Gasteiger partial charge in [-0.1, -0.05) is 12.1 Å². The fourth-order valence-electron chi connectivity index (χ4n) is 0.882. The van der Waals surface area contributed by atoms with Crippen LogP contribution in [0.2, 0.25) is 0 Å². The number of hydrogen-bond acceptors (Lipinski definition) is 3. The molecule has 0 spiro atoms. The maximum atomic E-state index is 11.3. The van der Waals surface area contributed by atoms with Crippen LogP contribution in [0, 0.1) is 18.8 Å². The van der Waals surface area contributed by atoms with Crippen LogP contribution in [0.3, 0.4) is 0 Å². The van der Waals surface area contributed by atoms with E-state index in [9.17, 15) is 8.42 Å². The molecular formula is C9H10N2O2SY-2. The van der Waals surface area contributed by atoms with Crippen molar-refractivity contribution in [2.24, 2.45) is 0 Å². The van der Waals surface area contributed by atoms with Gasteiger partial charge in [-0.3, -0.25) is 0 Å². The van der Waals surface area contributed by atoms with E-state index in [1.165, 1.54) is 19.2 Å². The second-order valence-corrected chi connectivity index (χ2v) is 4.02. The first-order valence-electron chi connectivity index (χ1n) is 3.47. The molecule has 0 N–H and O–H groups in total. The Balaban J connectivity index is 0. The molecule has 1 aromatic rings. The Morgan fingerprint density at radius 3 is 2.33 bits per heavy atom.